The molecule has 1 fully saturated rings. The molecule has 1 aromatic carbocycles. The molecule has 3 heterocycles. The minimum absolute atomic E-state index is 0.146. The van der Waals surface area contributed by atoms with Gasteiger partial charge in [0.1, 0.15) is 24.5 Å². The van der Waals surface area contributed by atoms with Crippen LogP contribution in [0.5, 0.6) is 11.6 Å². The fraction of sp³-hybridized carbons (Fsp3) is 0.300. The van der Waals surface area contributed by atoms with Gasteiger partial charge >= 0.3 is 5.84 Å². The predicted octanol–water partition coefficient (Wildman–Crippen LogP) is 0.858. The molecular weight excluding hydrogens is 392 g/mol. The zero-order valence-corrected chi connectivity index (χ0v) is 17.0. The van der Waals surface area contributed by atoms with Gasteiger partial charge in [0.2, 0.25) is 11.8 Å². The van der Waals surface area contributed by atoms with Crippen molar-refractivity contribution in [1.82, 2.24) is 9.55 Å². The third-order valence-corrected chi connectivity index (χ3v) is 5.15. The summed E-state index contributed by atoms with van der Waals surface area (Å²) in [4.78, 5) is 19.6. The third-order valence-electron chi connectivity index (χ3n) is 4.86. The molecule has 0 saturated carbocycles. The molecule has 2 aliphatic heterocycles. The number of rotatable bonds is 2. The highest BCUT2D eigenvalue weighted by Gasteiger charge is 2.25. The number of ether oxygens (including phenoxy) is 2. The van der Waals surface area contributed by atoms with Crippen LogP contribution in [0, 0.1) is 4.77 Å². The van der Waals surface area contributed by atoms with Crippen molar-refractivity contribution < 1.29 is 24.0 Å². The molecule has 0 aliphatic carbocycles. The molecule has 0 spiro atoms. The van der Waals surface area contributed by atoms with Gasteiger partial charge in [-0.05, 0) is 41.5 Å². The van der Waals surface area contributed by atoms with Crippen molar-refractivity contribution in [1.29, 1.82) is 0 Å². The van der Waals surface area contributed by atoms with Gasteiger partial charge in [-0.25, -0.2) is 0 Å². The molecule has 2 aromatic rings. The number of imidazole rings is 1. The maximum Gasteiger partial charge on any atom is 0.326 e. The zero-order valence-electron chi connectivity index (χ0n) is 16.1. The quantitative estimate of drug-likeness (QED) is 0.563. The summed E-state index contributed by atoms with van der Waals surface area (Å²) in [7, 11) is 1.62. The van der Waals surface area contributed by atoms with Crippen LogP contribution < -0.4 is 15.3 Å². The lowest BCUT2D eigenvalue weighted by Gasteiger charge is -2.16. The number of methoxy groups -OCH3 is 1. The molecule has 0 bridgehead atoms. The van der Waals surface area contributed by atoms with Crippen LogP contribution in [0.4, 0.5) is 0 Å². The van der Waals surface area contributed by atoms with Crippen molar-refractivity contribution in [2.24, 2.45) is 4.99 Å². The molecule has 0 unspecified atom stereocenters. The zero-order chi connectivity index (χ0) is 20.5. The Morgan fingerprint density at radius 2 is 2.17 bits per heavy atom. The lowest BCUT2D eigenvalue weighted by atomic mass is 10.1. The van der Waals surface area contributed by atoms with Gasteiger partial charge in [-0.3, -0.25) is 13.9 Å². The van der Waals surface area contributed by atoms with Crippen LogP contribution in [0.1, 0.15) is 17.4 Å². The molecule has 2 aliphatic rings. The van der Waals surface area contributed by atoms with Gasteiger partial charge in [0.05, 0.1) is 25.9 Å². The van der Waals surface area contributed by atoms with Gasteiger partial charge in [-0.15, -0.1) is 0 Å². The second-order valence-corrected chi connectivity index (χ2v) is 7.11. The number of nitrogens with zero attached hydrogens (tertiary/aromatic N) is 3. The number of carbonyl (C=O) groups is 1. The number of amidine groups is 1. The van der Waals surface area contributed by atoms with Crippen LogP contribution in [-0.4, -0.2) is 64.4 Å². The molecule has 150 valence electrons. The number of carbonyl (C=O) groups excluding carboxylic acids is 1. The Labute approximate surface area is 171 Å². The smallest absolute Gasteiger partial charge is 0.326 e. The van der Waals surface area contributed by atoms with Crippen LogP contribution in [0.3, 0.4) is 0 Å². The summed E-state index contributed by atoms with van der Waals surface area (Å²) in [5.74, 6) is 1.02. The van der Waals surface area contributed by atoms with Crippen LogP contribution in [0.25, 0.3) is 12.2 Å². The molecule has 8 nitrogen and oxygen atoms in total. The van der Waals surface area contributed by atoms with Crippen LogP contribution in [0.2, 0.25) is 0 Å². The van der Waals surface area contributed by atoms with Gasteiger partial charge < -0.3 is 19.6 Å². The van der Waals surface area contributed by atoms with Gasteiger partial charge in [-0.2, -0.15) is 0 Å². The van der Waals surface area contributed by atoms with Crippen molar-refractivity contribution in [2.75, 3.05) is 33.4 Å². The molecule has 0 atom stereocenters. The summed E-state index contributed by atoms with van der Waals surface area (Å²) in [5.41, 5.74) is 1.07. The highest BCUT2D eigenvalue weighted by Crippen LogP contribution is 2.21. The molecule has 9 heteroatoms. The second-order valence-electron chi connectivity index (χ2n) is 6.72. The number of benzene rings is 1. The predicted molar refractivity (Wildman–Crippen MR) is 110 cm³/mol. The fourth-order valence-electron chi connectivity index (χ4n) is 3.44. The van der Waals surface area contributed by atoms with Crippen LogP contribution >= 0.6 is 12.2 Å². The summed E-state index contributed by atoms with van der Waals surface area (Å²) in [5, 5.41) is 12.0. The van der Waals surface area contributed by atoms with E-state index in [2.05, 4.69) is 9.56 Å². The molecule has 2 N–H and O–H groups in total. The van der Waals surface area contributed by atoms with E-state index in [1.807, 2.05) is 24.3 Å². The van der Waals surface area contributed by atoms with E-state index >= 15 is 0 Å². The van der Waals surface area contributed by atoms with Gasteiger partial charge in [0.15, 0.2) is 10.1 Å². The summed E-state index contributed by atoms with van der Waals surface area (Å²) >= 11 is 5.17. The summed E-state index contributed by atoms with van der Waals surface area (Å²) < 4.78 is 14.3. The minimum atomic E-state index is -0.288. The monoisotopic (exact) mass is 413 g/mol. The summed E-state index contributed by atoms with van der Waals surface area (Å²) in [6, 6.07) is 5.68. The first-order chi connectivity index (χ1) is 14.0. The van der Waals surface area contributed by atoms with Crippen molar-refractivity contribution in [2.45, 2.75) is 6.92 Å². The maximum absolute atomic E-state index is 12.0. The Balaban J connectivity index is 1.97. The number of aromatic nitrogens is 2. The van der Waals surface area contributed by atoms with E-state index in [9.17, 15) is 9.90 Å². The molecular formula is C20H21N4O4S+. The summed E-state index contributed by atoms with van der Waals surface area (Å²) in [6.07, 6.45) is 3.71. The first-order valence-electron chi connectivity index (χ1n) is 9.19. The third kappa shape index (κ3) is 3.66. The highest BCUT2D eigenvalue weighted by atomic mass is 32.1. The topological polar surface area (TPSA) is 91.8 Å². The van der Waals surface area contributed by atoms with E-state index < -0.39 is 0 Å². The van der Waals surface area contributed by atoms with Crippen molar-refractivity contribution >= 4 is 36.1 Å². The lowest BCUT2D eigenvalue weighted by Crippen LogP contribution is -2.38. The Hall–Kier alpha value is -3.04. The van der Waals surface area contributed by atoms with Gasteiger partial charge in [0, 0.05) is 18.2 Å². The molecule has 1 saturated heterocycles. The maximum atomic E-state index is 12.0. The first kappa shape index (κ1) is 19.3. The average molecular weight is 413 g/mol. The standard InChI is InChI=1S/C20H20N4O4S/c1-12(25)24-17(19(26)22-20(24)29)10-14-9-13-3-4-15(27-2)11-16(13)21-18(14)23-5-7-28-8-6-23/h3-4,9-11H,5-8H2,1-2H3,(H,22,26,29)/p+1. The van der Waals surface area contributed by atoms with Crippen LogP contribution in [0.15, 0.2) is 28.8 Å². The largest absolute Gasteiger partial charge is 0.497 e. The average Bonchev–Trinajstić information content (AvgIpc) is 3.00. The molecule has 1 aromatic heterocycles. The number of aromatic amines is 1. The number of morpholine rings is 1. The molecule has 0 radical (unpaired) electrons. The Kier molecular flexibility index (Phi) is 5.16. The lowest BCUT2D eigenvalue weighted by molar-refractivity contribution is -0.549. The van der Waals surface area contributed by atoms with Crippen molar-refractivity contribution in [3.8, 4) is 11.6 Å². The Morgan fingerprint density at radius 1 is 1.41 bits per heavy atom. The first-order valence-corrected chi connectivity index (χ1v) is 9.60. The molecule has 0 amide bonds. The van der Waals surface area contributed by atoms with E-state index in [0.717, 1.165) is 27.7 Å². The number of hydrogen-bond donors (Lipinski definition) is 2. The molecule has 4 rings (SSSR count). The minimum Gasteiger partial charge on any atom is -0.497 e. The molecule has 29 heavy (non-hydrogen) atoms. The number of H-pyrrole nitrogens is 1. The van der Waals surface area contributed by atoms with Crippen molar-refractivity contribution in [3.05, 3.63) is 44.8 Å². The second kappa shape index (κ2) is 7.76. The number of aromatic hydroxyl groups is 1. The van der Waals surface area contributed by atoms with Gasteiger partial charge in [0.25, 0.3) is 0 Å². The Morgan fingerprint density at radius 3 is 2.86 bits per heavy atom. The fourth-order valence-corrected chi connectivity index (χ4v) is 3.77. The van der Waals surface area contributed by atoms with E-state index in [4.69, 9.17) is 26.7 Å². The number of fused-ring (bicyclic) bond motifs is 1. The number of nitrogens with one attached hydrogen (secondary N) is 1. The van der Waals surface area contributed by atoms with Crippen molar-refractivity contribution in [3.63, 3.8) is 0 Å². The van der Waals surface area contributed by atoms with Gasteiger partial charge in [-0.1, -0.05) is 0 Å². The number of hydrogen-bond acceptors (Lipinski definition) is 5. The Bertz CT molecular complexity index is 1230. The van der Waals surface area contributed by atoms with E-state index in [0.29, 0.717) is 32.0 Å². The summed E-state index contributed by atoms with van der Waals surface area (Å²) in [6.45, 7) is 4.00. The van der Waals surface area contributed by atoms with E-state index in [-0.39, 0.29) is 16.6 Å². The van der Waals surface area contributed by atoms with E-state index in [1.54, 1.807) is 13.2 Å². The highest BCUT2D eigenvalue weighted by molar-refractivity contribution is 7.71. The normalized spacial score (nSPS) is 17.5. The van der Waals surface area contributed by atoms with Crippen LogP contribution in [-0.2, 0) is 4.74 Å². The SMILES string of the molecule is COc1ccc2c(c1)=NC(=[N+]1CCOCC1)/C(=C/c1c(O)[nH]c(=S)n1C(C)=O)C=2. The van der Waals surface area contributed by atoms with E-state index in [1.165, 1.54) is 11.5 Å².